The molecule has 0 amide bonds. The molecular weight excluding hydrogens is 773 g/mol. The van der Waals surface area contributed by atoms with Gasteiger partial charge in [-0.15, -0.1) is 0 Å². The predicted molar refractivity (Wildman–Crippen MR) is 273 cm³/mol. The summed E-state index contributed by atoms with van der Waals surface area (Å²) in [7, 11) is 0. The molecular formula is C62H48N2. The Labute approximate surface area is 376 Å². The molecule has 0 saturated carbocycles. The number of para-hydroxylation sites is 1. The normalized spacial score (nSPS) is 14.8. The van der Waals surface area contributed by atoms with Crippen molar-refractivity contribution in [1.29, 1.82) is 0 Å². The molecule has 9 aromatic carbocycles. The lowest BCUT2D eigenvalue weighted by atomic mass is 9.92. The molecule has 2 heteroatoms. The van der Waals surface area contributed by atoms with Gasteiger partial charge in [-0.05, 0) is 140 Å². The first-order valence-corrected chi connectivity index (χ1v) is 22.5. The van der Waals surface area contributed by atoms with Crippen LogP contribution in [-0.2, 0) is 0 Å². The van der Waals surface area contributed by atoms with Crippen molar-refractivity contribution in [1.82, 2.24) is 0 Å². The van der Waals surface area contributed by atoms with E-state index in [1.54, 1.807) is 0 Å². The third-order valence-corrected chi connectivity index (χ3v) is 12.9. The molecule has 1 atom stereocenters. The second kappa shape index (κ2) is 17.4. The summed E-state index contributed by atoms with van der Waals surface area (Å²) in [5, 5.41) is 5.03. The third kappa shape index (κ3) is 7.76. The summed E-state index contributed by atoms with van der Waals surface area (Å²) in [4.78, 5) is 4.92. The van der Waals surface area contributed by atoms with Crippen molar-refractivity contribution >= 4 is 55.4 Å². The zero-order valence-corrected chi connectivity index (χ0v) is 35.8. The Morgan fingerprint density at radius 2 is 0.875 bits per heavy atom. The molecule has 306 valence electrons. The lowest BCUT2D eigenvalue weighted by molar-refractivity contribution is 0.724. The van der Waals surface area contributed by atoms with Crippen molar-refractivity contribution in [2.24, 2.45) is 0 Å². The third-order valence-electron chi connectivity index (χ3n) is 12.9. The summed E-state index contributed by atoms with van der Waals surface area (Å²) < 4.78 is 0. The van der Waals surface area contributed by atoms with E-state index < -0.39 is 0 Å². The second-order valence-electron chi connectivity index (χ2n) is 16.8. The van der Waals surface area contributed by atoms with Gasteiger partial charge < -0.3 is 9.80 Å². The van der Waals surface area contributed by atoms with Gasteiger partial charge in [-0.2, -0.15) is 0 Å². The number of benzene rings is 9. The van der Waals surface area contributed by atoms with Crippen molar-refractivity contribution in [3.05, 3.63) is 266 Å². The molecule has 11 rings (SSSR count). The van der Waals surface area contributed by atoms with E-state index in [2.05, 4.69) is 259 Å². The number of allylic oxidation sites excluding steroid dienone is 6. The van der Waals surface area contributed by atoms with Crippen molar-refractivity contribution < 1.29 is 0 Å². The van der Waals surface area contributed by atoms with Gasteiger partial charge in [0.2, 0.25) is 0 Å². The maximum atomic E-state index is 2.54. The van der Waals surface area contributed by atoms with Crippen molar-refractivity contribution in [2.45, 2.75) is 25.3 Å². The highest BCUT2D eigenvalue weighted by Crippen LogP contribution is 2.40. The van der Waals surface area contributed by atoms with Gasteiger partial charge in [-0.25, -0.2) is 0 Å². The molecule has 0 N–H and O–H groups in total. The summed E-state index contributed by atoms with van der Waals surface area (Å²) in [5.74, 6) is 0. The Hall–Kier alpha value is -7.94. The first kappa shape index (κ1) is 38.9. The van der Waals surface area contributed by atoms with Crippen molar-refractivity contribution in [2.75, 3.05) is 9.80 Å². The van der Waals surface area contributed by atoms with E-state index in [1.165, 1.54) is 77.5 Å². The van der Waals surface area contributed by atoms with Gasteiger partial charge in [-0.1, -0.05) is 194 Å². The SMILES string of the molecule is C1=CC(N(C2=CC=C(c3ccc(N(c4ccc(-c5cccc6ccccc56)cc4)c4ccc(-c5cccc6ccccc56)cc4)cc3)CC2)c2ccccc2)CC=C1c1ccccc1. The van der Waals surface area contributed by atoms with Crippen LogP contribution in [0.25, 0.3) is 54.9 Å². The molecule has 9 aromatic rings. The molecule has 0 aromatic heterocycles. The topological polar surface area (TPSA) is 6.48 Å². The average molecular weight is 821 g/mol. The maximum absolute atomic E-state index is 2.54. The standard InChI is InChI=1S/C62H48N2/c1-3-13-45(14-4-1)46-25-35-54(36-26-46)63(53-19-5-2-6-20-53)55-37-27-47(28-38-55)48-29-39-56(40-30-48)64(57-41-31-51(32-42-57)61-23-11-17-49-15-7-9-21-59(49)61)58-43-33-52(34-44-58)62-24-12-18-50-16-8-10-22-60(50)62/h1-27,29-35,37,39-44,54H,28,36,38H2. The van der Waals surface area contributed by atoms with Crippen LogP contribution in [0.1, 0.15) is 30.4 Å². The van der Waals surface area contributed by atoms with Crippen LogP contribution in [0.5, 0.6) is 0 Å². The molecule has 0 saturated heterocycles. The maximum Gasteiger partial charge on any atom is 0.0557 e. The highest BCUT2D eigenvalue weighted by molar-refractivity contribution is 5.98. The van der Waals surface area contributed by atoms with Gasteiger partial charge in [-0.3, -0.25) is 0 Å². The van der Waals surface area contributed by atoms with Gasteiger partial charge in [0.05, 0.1) is 6.04 Å². The van der Waals surface area contributed by atoms with Gasteiger partial charge in [0.25, 0.3) is 0 Å². The number of fused-ring (bicyclic) bond motifs is 2. The van der Waals surface area contributed by atoms with Crippen LogP contribution in [-0.4, -0.2) is 6.04 Å². The fraction of sp³-hybridized carbons (Fsp3) is 0.0645. The van der Waals surface area contributed by atoms with E-state index in [-0.39, 0.29) is 6.04 Å². The van der Waals surface area contributed by atoms with Crippen molar-refractivity contribution in [3.63, 3.8) is 0 Å². The van der Waals surface area contributed by atoms with Crippen LogP contribution in [0.2, 0.25) is 0 Å². The summed E-state index contributed by atoms with van der Waals surface area (Å²) >= 11 is 0. The van der Waals surface area contributed by atoms with Gasteiger partial charge in [0.1, 0.15) is 0 Å². The molecule has 0 heterocycles. The van der Waals surface area contributed by atoms with Crippen LogP contribution in [0, 0.1) is 0 Å². The van der Waals surface area contributed by atoms with Crippen LogP contribution in [0.15, 0.2) is 254 Å². The van der Waals surface area contributed by atoms with Crippen LogP contribution < -0.4 is 9.80 Å². The minimum absolute atomic E-state index is 0.253. The van der Waals surface area contributed by atoms with Crippen LogP contribution in [0.3, 0.4) is 0 Å². The Balaban J connectivity index is 0.903. The van der Waals surface area contributed by atoms with Gasteiger partial charge >= 0.3 is 0 Å². The van der Waals surface area contributed by atoms with Crippen LogP contribution >= 0.6 is 0 Å². The van der Waals surface area contributed by atoms with E-state index in [4.69, 9.17) is 0 Å². The molecule has 2 aliphatic carbocycles. The van der Waals surface area contributed by atoms with E-state index in [0.717, 1.165) is 36.3 Å². The minimum atomic E-state index is 0.253. The molecule has 1 unspecified atom stereocenters. The predicted octanol–water partition coefficient (Wildman–Crippen LogP) is 16.8. The Morgan fingerprint density at radius 3 is 1.39 bits per heavy atom. The Morgan fingerprint density at radius 1 is 0.375 bits per heavy atom. The highest BCUT2D eigenvalue weighted by Gasteiger charge is 2.24. The zero-order valence-electron chi connectivity index (χ0n) is 35.8. The van der Waals surface area contributed by atoms with E-state index in [0.29, 0.717) is 0 Å². The fourth-order valence-electron chi connectivity index (χ4n) is 9.68. The number of hydrogen-bond donors (Lipinski definition) is 0. The van der Waals surface area contributed by atoms with E-state index in [1.807, 2.05) is 0 Å². The quantitative estimate of drug-likeness (QED) is 0.136. The lowest BCUT2D eigenvalue weighted by Crippen LogP contribution is -2.34. The lowest BCUT2D eigenvalue weighted by Gasteiger charge is -2.36. The second-order valence-corrected chi connectivity index (χ2v) is 16.8. The Kier molecular flexibility index (Phi) is 10.6. The summed E-state index contributed by atoms with van der Waals surface area (Å²) in [6.07, 6.45) is 14.7. The minimum Gasteiger partial charge on any atom is -0.338 e. The highest BCUT2D eigenvalue weighted by atomic mass is 15.2. The monoisotopic (exact) mass is 820 g/mol. The smallest absolute Gasteiger partial charge is 0.0557 e. The Bertz CT molecular complexity index is 3080. The van der Waals surface area contributed by atoms with Crippen LogP contribution in [0.4, 0.5) is 22.7 Å². The summed E-state index contributed by atoms with van der Waals surface area (Å²) in [5.41, 5.74) is 16.0. The number of nitrogens with zero attached hydrogens (tertiary/aromatic N) is 2. The molecule has 2 aliphatic rings. The zero-order chi connectivity index (χ0) is 42.7. The first-order chi connectivity index (χ1) is 31.7. The molecule has 0 fully saturated rings. The molecule has 0 spiro atoms. The molecule has 0 bridgehead atoms. The average Bonchev–Trinajstić information content (AvgIpc) is 3.38. The molecule has 2 nitrogen and oxygen atoms in total. The number of hydrogen-bond acceptors (Lipinski definition) is 2. The van der Waals surface area contributed by atoms with Gasteiger partial charge in [0, 0.05) is 28.4 Å². The van der Waals surface area contributed by atoms with E-state index >= 15 is 0 Å². The number of anilines is 4. The van der Waals surface area contributed by atoms with Gasteiger partial charge in [0.15, 0.2) is 0 Å². The first-order valence-electron chi connectivity index (χ1n) is 22.5. The molecule has 0 aliphatic heterocycles. The number of rotatable bonds is 10. The van der Waals surface area contributed by atoms with E-state index in [9.17, 15) is 0 Å². The largest absolute Gasteiger partial charge is 0.338 e. The summed E-state index contributed by atoms with van der Waals surface area (Å²) in [6, 6.07) is 79.5. The fourth-order valence-corrected chi connectivity index (χ4v) is 9.68. The van der Waals surface area contributed by atoms with Crippen molar-refractivity contribution in [3.8, 4) is 22.3 Å². The summed E-state index contributed by atoms with van der Waals surface area (Å²) in [6.45, 7) is 0. The molecule has 0 radical (unpaired) electrons. The molecule has 64 heavy (non-hydrogen) atoms.